The Morgan fingerprint density at radius 3 is 1.97 bits per heavy atom. The predicted octanol–water partition coefficient (Wildman–Crippen LogP) is 2.50. The first-order valence-electron chi connectivity index (χ1n) is 10.6. The molecule has 33 heavy (non-hydrogen) atoms. The van der Waals surface area contributed by atoms with E-state index < -0.39 is 0 Å². The maximum atomic E-state index is 13.2. The fraction of sp³-hybridized carbons (Fsp3) is 0.292. The van der Waals surface area contributed by atoms with Gasteiger partial charge in [0, 0.05) is 31.7 Å². The molecule has 1 aliphatic rings. The summed E-state index contributed by atoms with van der Waals surface area (Å²) in [7, 11) is 4.60. The Labute approximate surface area is 192 Å². The topological polar surface area (TPSA) is 86.1 Å². The summed E-state index contributed by atoms with van der Waals surface area (Å²) in [5.74, 6) is 1.13. The van der Waals surface area contributed by atoms with Gasteiger partial charge in [0.05, 0.1) is 33.2 Å². The average molecular weight is 450 g/mol. The highest BCUT2D eigenvalue weighted by atomic mass is 16.5. The minimum Gasteiger partial charge on any atom is -0.493 e. The summed E-state index contributed by atoms with van der Waals surface area (Å²) in [6.45, 7) is 1.64. The number of hydrogen-bond acceptors (Lipinski definition) is 6. The first-order valence-corrected chi connectivity index (χ1v) is 10.6. The zero-order valence-corrected chi connectivity index (χ0v) is 18.9. The van der Waals surface area contributed by atoms with Gasteiger partial charge in [0.25, 0.3) is 11.8 Å². The van der Waals surface area contributed by atoms with E-state index in [9.17, 15) is 9.59 Å². The van der Waals surface area contributed by atoms with Crippen LogP contribution in [0.15, 0.2) is 54.7 Å². The number of amides is 2. The van der Waals surface area contributed by atoms with Crippen LogP contribution in [0.25, 0.3) is 5.69 Å². The molecule has 0 aliphatic carbocycles. The highest BCUT2D eigenvalue weighted by Crippen LogP contribution is 2.28. The number of aromatic nitrogens is 2. The Kier molecular flexibility index (Phi) is 6.48. The van der Waals surface area contributed by atoms with Crippen molar-refractivity contribution in [3.8, 4) is 22.9 Å². The van der Waals surface area contributed by atoms with Gasteiger partial charge in [0.1, 0.15) is 0 Å². The van der Waals surface area contributed by atoms with Crippen LogP contribution >= 0.6 is 0 Å². The lowest BCUT2D eigenvalue weighted by molar-refractivity contribution is 0.0530. The van der Waals surface area contributed by atoms with Crippen molar-refractivity contribution in [3.63, 3.8) is 0 Å². The first kappa shape index (κ1) is 22.2. The summed E-state index contributed by atoms with van der Waals surface area (Å²) in [6, 6.07) is 14.6. The Morgan fingerprint density at radius 1 is 0.758 bits per heavy atom. The number of piperazine rings is 1. The molecule has 1 aliphatic heterocycles. The van der Waals surface area contributed by atoms with Crippen LogP contribution in [0.4, 0.5) is 0 Å². The van der Waals surface area contributed by atoms with Crippen LogP contribution in [0.2, 0.25) is 0 Å². The summed E-state index contributed by atoms with van der Waals surface area (Å²) in [6.07, 6.45) is 1.69. The summed E-state index contributed by atoms with van der Waals surface area (Å²) >= 11 is 0. The molecule has 0 radical (unpaired) electrons. The van der Waals surface area contributed by atoms with Crippen molar-refractivity contribution in [2.45, 2.75) is 0 Å². The largest absolute Gasteiger partial charge is 0.493 e. The lowest BCUT2D eigenvalue weighted by atomic mass is 10.1. The summed E-state index contributed by atoms with van der Waals surface area (Å²) in [5.41, 5.74) is 1.59. The first-order chi connectivity index (χ1) is 16.0. The standard InChI is InChI=1S/C24H26N4O5/c1-31-19-10-9-17(15-20(19)32-2)23(29)26-11-13-27(14-12-26)24(30)22-21(33-3)16-28(25-22)18-7-5-4-6-8-18/h4-10,15-16H,11-14H2,1-3H3. The molecule has 4 rings (SSSR count). The molecule has 2 aromatic carbocycles. The quantitative estimate of drug-likeness (QED) is 0.574. The highest BCUT2D eigenvalue weighted by Gasteiger charge is 2.29. The maximum absolute atomic E-state index is 13.2. The van der Waals surface area contributed by atoms with Gasteiger partial charge in [0.15, 0.2) is 22.9 Å². The second kappa shape index (κ2) is 9.64. The minimum absolute atomic E-state index is 0.117. The molecule has 172 valence electrons. The molecule has 0 bridgehead atoms. The maximum Gasteiger partial charge on any atom is 0.278 e. The third kappa shape index (κ3) is 4.48. The smallest absolute Gasteiger partial charge is 0.278 e. The monoisotopic (exact) mass is 450 g/mol. The van der Waals surface area contributed by atoms with Gasteiger partial charge >= 0.3 is 0 Å². The Bertz CT molecular complexity index is 1140. The summed E-state index contributed by atoms with van der Waals surface area (Å²) in [5, 5.41) is 4.46. The molecule has 9 nitrogen and oxygen atoms in total. The van der Waals surface area contributed by atoms with Gasteiger partial charge < -0.3 is 24.0 Å². The number of hydrogen-bond donors (Lipinski definition) is 0. The number of rotatable bonds is 6. The summed E-state index contributed by atoms with van der Waals surface area (Å²) < 4.78 is 17.6. The van der Waals surface area contributed by atoms with Gasteiger partial charge in [-0.3, -0.25) is 9.59 Å². The van der Waals surface area contributed by atoms with Crippen molar-refractivity contribution in [2.75, 3.05) is 47.5 Å². The molecule has 0 spiro atoms. The molecule has 9 heteroatoms. The third-order valence-electron chi connectivity index (χ3n) is 5.61. The van der Waals surface area contributed by atoms with Gasteiger partial charge in [-0.05, 0) is 30.3 Å². The molecular formula is C24H26N4O5. The fourth-order valence-corrected chi connectivity index (χ4v) is 3.78. The van der Waals surface area contributed by atoms with Gasteiger partial charge in [-0.15, -0.1) is 0 Å². The van der Waals surface area contributed by atoms with Crippen molar-refractivity contribution < 1.29 is 23.8 Å². The van der Waals surface area contributed by atoms with Gasteiger partial charge in [-0.2, -0.15) is 5.10 Å². The second-order valence-electron chi connectivity index (χ2n) is 7.48. The Hall–Kier alpha value is -4.01. The molecule has 2 heterocycles. The number of methoxy groups -OCH3 is 3. The van der Waals surface area contributed by atoms with Crippen molar-refractivity contribution in [1.29, 1.82) is 0 Å². The van der Waals surface area contributed by atoms with E-state index in [1.165, 1.54) is 14.2 Å². The second-order valence-corrected chi connectivity index (χ2v) is 7.48. The van der Waals surface area contributed by atoms with Crippen LogP contribution in [0.1, 0.15) is 20.8 Å². The number of nitrogens with zero attached hydrogens (tertiary/aromatic N) is 4. The fourth-order valence-electron chi connectivity index (χ4n) is 3.78. The van der Waals surface area contributed by atoms with Crippen molar-refractivity contribution >= 4 is 11.8 Å². The predicted molar refractivity (Wildman–Crippen MR) is 121 cm³/mol. The lowest BCUT2D eigenvalue weighted by Gasteiger charge is -2.34. The van der Waals surface area contributed by atoms with Gasteiger partial charge in [-0.1, -0.05) is 18.2 Å². The van der Waals surface area contributed by atoms with Crippen molar-refractivity contribution in [2.24, 2.45) is 0 Å². The van der Waals surface area contributed by atoms with E-state index in [-0.39, 0.29) is 17.5 Å². The molecule has 1 saturated heterocycles. The lowest BCUT2D eigenvalue weighted by Crippen LogP contribution is -2.50. The average Bonchev–Trinajstić information content (AvgIpc) is 3.32. The van der Waals surface area contributed by atoms with Crippen LogP contribution < -0.4 is 14.2 Å². The van der Waals surface area contributed by atoms with E-state index in [2.05, 4.69) is 5.10 Å². The molecule has 0 unspecified atom stereocenters. The van der Waals surface area contributed by atoms with E-state index in [0.717, 1.165) is 5.69 Å². The van der Waals surface area contributed by atoms with E-state index in [4.69, 9.17) is 14.2 Å². The minimum atomic E-state index is -0.222. The van der Waals surface area contributed by atoms with Gasteiger partial charge in [-0.25, -0.2) is 4.68 Å². The van der Waals surface area contributed by atoms with Crippen LogP contribution in [-0.2, 0) is 0 Å². The van der Waals surface area contributed by atoms with Crippen LogP contribution in [0.5, 0.6) is 17.2 Å². The zero-order chi connectivity index (χ0) is 23.4. The highest BCUT2D eigenvalue weighted by molar-refractivity contribution is 5.96. The normalized spacial score (nSPS) is 13.5. The van der Waals surface area contributed by atoms with Gasteiger partial charge in [0.2, 0.25) is 0 Å². The zero-order valence-electron chi connectivity index (χ0n) is 18.9. The number of ether oxygens (including phenoxy) is 3. The Morgan fingerprint density at radius 2 is 1.36 bits per heavy atom. The molecule has 0 atom stereocenters. The van der Waals surface area contributed by atoms with E-state index >= 15 is 0 Å². The van der Waals surface area contributed by atoms with E-state index in [1.807, 2.05) is 30.3 Å². The third-order valence-corrected chi connectivity index (χ3v) is 5.61. The van der Waals surface area contributed by atoms with Crippen LogP contribution in [0, 0.1) is 0 Å². The Balaban J connectivity index is 1.44. The SMILES string of the molecule is COc1ccc(C(=O)N2CCN(C(=O)c3nn(-c4ccccc4)cc3OC)CC2)cc1OC. The van der Waals surface area contributed by atoms with Crippen molar-refractivity contribution in [1.82, 2.24) is 19.6 Å². The number of para-hydroxylation sites is 1. The molecule has 3 aromatic rings. The van der Waals surface area contributed by atoms with E-state index in [0.29, 0.717) is 49.0 Å². The number of carbonyl (C=O) groups is 2. The number of carbonyl (C=O) groups excluding carboxylic acids is 2. The molecule has 1 aromatic heterocycles. The molecular weight excluding hydrogens is 424 g/mol. The molecule has 1 fully saturated rings. The van der Waals surface area contributed by atoms with Crippen LogP contribution in [0.3, 0.4) is 0 Å². The number of benzene rings is 2. The molecule has 0 N–H and O–H groups in total. The van der Waals surface area contributed by atoms with E-state index in [1.54, 1.807) is 46.0 Å². The van der Waals surface area contributed by atoms with Crippen molar-refractivity contribution in [3.05, 3.63) is 66.0 Å². The van der Waals surface area contributed by atoms with Crippen LogP contribution in [-0.4, -0.2) is 78.9 Å². The molecule has 0 saturated carbocycles. The summed E-state index contributed by atoms with van der Waals surface area (Å²) in [4.78, 5) is 29.5. The molecule has 2 amide bonds.